The number of hydrogen-bond donors (Lipinski definition) is 1. The minimum absolute atomic E-state index is 0.369. The van der Waals surface area contributed by atoms with Crippen molar-refractivity contribution >= 4 is 34.6 Å². The van der Waals surface area contributed by atoms with Crippen molar-refractivity contribution in [3.63, 3.8) is 0 Å². The third kappa shape index (κ3) is 4.39. The molecule has 0 saturated carbocycles. The molecule has 0 amide bonds. The molecule has 6 heteroatoms. The normalized spacial score (nSPS) is 14.1. The van der Waals surface area contributed by atoms with Gasteiger partial charge in [-0.15, -0.1) is 0 Å². The summed E-state index contributed by atoms with van der Waals surface area (Å²) in [6, 6.07) is 27.4. The molecule has 0 saturated heterocycles. The minimum Gasteiger partial charge on any atom is -0.456 e. The monoisotopic (exact) mass is 552 g/mol. The van der Waals surface area contributed by atoms with E-state index in [0.29, 0.717) is 22.7 Å². The number of para-hydroxylation sites is 2. The summed E-state index contributed by atoms with van der Waals surface area (Å²) in [6.45, 7) is 6.32. The lowest BCUT2D eigenvalue weighted by atomic mass is 9.77. The van der Waals surface area contributed by atoms with Crippen LogP contribution in [0.3, 0.4) is 0 Å². The van der Waals surface area contributed by atoms with Crippen LogP contribution in [-0.2, 0) is 10.3 Å². The molecule has 5 nitrogen and oxygen atoms in total. The van der Waals surface area contributed by atoms with E-state index in [1.807, 2.05) is 78.9 Å². The van der Waals surface area contributed by atoms with Crippen molar-refractivity contribution in [2.24, 2.45) is 0 Å². The summed E-state index contributed by atoms with van der Waals surface area (Å²) in [7, 11) is 0. The molecule has 2 aliphatic heterocycles. The summed E-state index contributed by atoms with van der Waals surface area (Å²) in [4.78, 5) is 16.1. The molecule has 2 aliphatic rings. The number of carbonyl (C=O) groups excluding carboxylic acids is 1. The predicted molar refractivity (Wildman–Crippen MR) is 161 cm³/mol. The first kappa shape index (κ1) is 26.3. The number of ether oxygens (including phenoxy) is 2. The average molecular weight is 553 g/mol. The molecule has 2 heterocycles. The standard InChI is InChI=1S/C34H33ClN2O3/c1-3-5-20-37(21-6-4-2)29-22-23(18-19-27(29)35)36-28-15-11-14-26-32(28)33(38)40-34(26)24-12-7-9-16-30(24)39-31-17-10-8-13-25(31)34/h7-19,22,36H,3-6,20-21H2,1-2H3. The zero-order valence-corrected chi connectivity index (χ0v) is 23.6. The SMILES string of the molecule is CCCCN(CCCC)c1cc(Nc2cccc3c2C(=O)OC32c3ccccc3Oc3ccccc32)ccc1Cl. The van der Waals surface area contributed by atoms with Crippen molar-refractivity contribution in [2.45, 2.75) is 45.1 Å². The van der Waals surface area contributed by atoms with Gasteiger partial charge in [-0.05, 0) is 49.2 Å². The Balaban J connectivity index is 1.43. The number of carbonyl (C=O) groups is 1. The van der Waals surface area contributed by atoms with Crippen LogP contribution in [0.5, 0.6) is 11.5 Å². The van der Waals surface area contributed by atoms with Crippen LogP contribution in [0.4, 0.5) is 17.1 Å². The first-order valence-corrected chi connectivity index (χ1v) is 14.5. The van der Waals surface area contributed by atoms with Gasteiger partial charge >= 0.3 is 5.97 Å². The Bertz CT molecular complexity index is 1510. The molecule has 1 N–H and O–H groups in total. The molecular weight excluding hydrogens is 520 g/mol. The number of halogens is 1. The summed E-state index contributed by atoms with van der Waals surface area (Å²) in [6.07, 6.45) is 4.44. The zero-order chi connectivity index (χ0) is 27.7. The van der Waals surface area contributed by atoms with Crippen LogP contribution in [0.25, 0.3) is 0 Å². The Kier molecular flexibility index (Phi) is 7.16. The number of esters is 1. The minimum atomic E-state index is -1.09. The molecule has 0 fully saturated rings. The molecule has 0 unspecified atom stereocenters. The fourth-order valence-electron chi connectivity index (χ4n) is 5.81. The van der Waals surface area contributed by atoms with Crippen LogP contribution in [-0.4, -0.2) is 19.1 Å². The van der Waals surface area contributed by atoms with Gasteiger partial charge in [-0.1, -0.05) is 86.8 Å². The lowest BCUT2D eigenvalue weighted by Gasteiger charge is -2.36. The van der Waals surface area contributed by atoms with Crippen LogP contribution in [0.15, 0.2) is 84.9 Å². The number of anilines is 3. The molecule has 4 aromatic rings. The molecule has 0 aromatic heterocycles. The Labute approximate surface area is 240 Å². The molecule has 204 valence electrons. The van der Waals surface area contributed by atoms with Crippen molar-refractivity contribution < 1.29 is 14.3 Å². The maximum absolute atomic E-state index is 13.7. The van der Waals surface area contributed by atoms with E-state index in [1.54, 1.807) is 0 Å². The molecule has 1 spiro atoms. The van der Waals surface area contributed by atoms with Crippen LogP contribution in [0, 0.1) is 0 Å². The summed E-state index contributed by atoms with van der Waals surface area (Å²) in [5.74, 6) is 0.995. The Hall–Kier alpha value is -3.96. The first-order chi connectivity index (χ1) is 19.6. The first-order valence-electron chi connectivity index (χ1n) is 14.1. The highest BCUT2D eigenvalue weighted by Crippen LogP contribution is 2.56. The van der Waals surface area contributed by atoms with Gasteiger partial charge in [0.05, 0.1) is 22.0 Å². The van der Waals surface area contributed by atoms with Crippen LogP contribution in [0.1, 0.15) is 66.6 Å². The predicted octanol–water partition coefficient (Wildman–Crippen LogP) is 9.06. The van der Waals surface area contributed by atoms with Gasteiger partial charge in [-0.25, -0.2) is 4.79 Å². The summed E-state index contributed by atoms with van der Waals surface area (Å²) >= 11 is 6.71. The molecule has 0 bridgehead atoms. The van der Waals surface area contributed by atoms with Crippen LogP contribution in [0.2, 0.25) is 5.02 Å². The third-order valence-corrected chi connectivity index (χ3v) is 8.09. The smallest absolute Gasteiger partial charge is 0.342 e. The fraction of sp³-hybridized carbons (Fsp3) is 0.265. The van der Waals surface area contributed by atoms with Gasteiger partial charge in [-0.3, -0.25) is 0 Å². The summed E-state index contributed by atoms with van der Waals surface area (Å²) < 4.78 is 12.6. The van der Waals surface area contributed by atoms with Crippen molar-refractivity contribution in [1.29, 1.82) is 0 Å². The highest BCUT2D eigenvalue weighted by atomic mass is 35.5. The zero-order valence-electron chi connectivity index (χ0n) is 22.9. The number of nitrogens with one attached hydrogen (secondary N) is 1. The molecule has 0 aliphatic carbocycles. The van der Waals surface area contributed by atoms with E-state index in [9.17, 15) is 4.79 Å². The van der Waals surface area contributed by atoms with Crippen molar-refractivity contribution in [3.05, 3.63) is 112 Å². The van der Waals surface area contributed by atoms with Gasteiger partial charge in [0.2, 0.25) is 0 Å². The van der Waals surface area contributed by atoms with Gasteiger partial charge in [0.15, 0.2) is 5.60 Å². The Morgan fingerprint density at radius 2 is 1.43 bits per heavy atom. The second-order valence-electron chi connectivity index (χ2n) is 10.4. The topological polar surface area (TPSA) is 50.8 Å². The second-order valence-corrected chi connectivity index (χ2v) is 10.8. The van der Waals surface area contributed by atoms with Crippen LogP contribution >= 0.6 is 11.6 Å². The van der Waals surface area contributed by atoms with E-state index in [4.69, 9.17) is 21.1 Å². The number of hydrogen-bond acceptors (Lipinski definition) is 5. The van der Waals surface area contributed by atoms with Gasteiger partial charge in [0.25, 0.3) is 0 Å². The molecule has 6 rings (SSSR count). The fourth-order valence-corrected chi connectivity index (χ4v) is 6.05. The van der Waals surface area contributed by atoms with Crippen LogP contribution < -0.4 is 15.0 Å². The van der Waals surface area contributed by atoms with E-state index >= 15 is 0 Å². The van der Waals surface area contributed by atoms with Crippen molar-refractivity contribution in [1.82, 2.24) is 0 Å². The average Bonchev–Trinajstić information content (AvgIpc) is 3.28. The van der Waals surface area contributed by atoms with E-state index in [-0.39, 0.29) is 5.97 Å². The van der Waals surface area contributed by atoms with E-state index < -0.39 is 5.60 Å². The number of unbranched alkanes of at least 4 members (excludes halogenated alkanes) is 2. The summed E-state index contributed by atoms with van der Waals surface area (Å²) in [5, 5.41) is 4.25. The third-order valence-electron chi connectivity index (χ3n) is 7.78. The lowest BCUT2D eigenvalue weighted by molar-refractivity contribution is 0.0225. The molecule has 0 radical (unpaired) electrons. The second kappa shape index (κ2) is 10.9. The number of rotatable bonds is 9. The van der Waals surface area contributed by atoms with Gasteiger partial charge in [0, 0.05) is 35.5 Å². The number of fused-ring (bicyclic) bond motifs is 6. The van der Waals surface area contributed by atoms with E-state index in [0.717, 1.165) is 71.9 Å². The number of nitrogens with zero attached hydrogens (tertiary/aromatic N) is 1. The molecule has 40 heavy (non-hydrogen) atoms. The maximum Gasteiger partial charge on any atom is 0.342 e. The lowest BCUT2D eigenvalue weighted by Crippen LogP contribution is -2.32. The molecule has 0 atom stereocenters. The highest BCUT2D eigenvalue weighted by Gasteiger charge is 2.54. The Morgan fingerprint density at radius 1 is 0.800 bits per heavy atom. The molecular formula is C34H33ClN2O3. The highest BCUT2D eigenvalue weighted by molar-refractivity contribution is 6.33. The van der Waals surface area contributed by atoms with Crippen molar-refractivity contribution in [2.75, 3.05) is 23.3 Å². The van der Waals surface area contributed by atoms with E-state index in [1.165, 1.54) is 0 Å². The summed E-state index contributed by atoms with van der Waals surface area (Å²) in [5.41, 5.74) is 4.44. The Morgan fingerprint density at radius 3 is 2.08 bits per heavy atom. The number of benzene rings is 4. The van der Waals surface area contributed by atoms with Crippen molar-refractivity contribution in [3.8, 4) is 11.5 Å². The van der Waals surface area contributed by atoms with E-state index in [2.05, 4.69) is 30.1 Å². The quantitative estimate of drug-likeness (QED) is 0.210. The maximum atomic E-state index is 13.7. The van der Waals surface area contributed by atoms with Gasteiger partial charge < -0.3 is 19.7 Å². The van der Waals surface area contributed by atoms with Gasteiger partial charge in [-0.2, -0.15) is 0 Å². The van der Waals surface area contributed by atoms with Gasteiger partial charge in [0.1, 0.15) is 11.5 Å². The molecule has 4 aromatic carbocycles. The largest absolute Gasteiger partial charge is 0.456 e.